The van der Waals surface area contributed by atoms with Crippen LogP contribution in [0.4, 0.5) is 21.9 Å². The Morgan fingerprint density at radius 2 is 1.59 bits per heavy atom. The Bertz CT molecular complexity index is 870. The predicted molar refractivity (Wildman–Crippen MR) is 105 cm³/mol. The van der Waals surface area contributed by atoms with Gasteiger partial charge < -0.3 is 21.1 Å². The smallest absolute Gasteiger partial charge is 0.323 e. The molecule has 7 heteroatoms. The van der Waals surface area contributed by atoms with Gasteiger partial charge in [0.25, 0.3) is 0 Å². The van der Waals surface area contributed by atoms with Crippen LogP contribution in [0.2, 0.25) is 0 Å². The third kappa shape index (κ3) is 5.47. The fraction of sp³-hybridized carbons (Fsp3) is 0.250. The molecule has 2 aromatic carbocycles. The number of amides is 3. The van der Waals surface area contributed by atoms with E-state index in [0.717, 1.165) is 0 Å². The fourth-order valence-electron chi connectivity index (χ4n) is 2.19. The number of carbonyl (C=O) groups excluding carboxylic acids is 2. The lowest BCUT2D eigenvalue weighted by Gasteiger charge is -2.16. The first-order valence-corrected chi connectivity index (χ1v) is 8.52. The number of phenolic OH excluding ortho intramolecular Hbond substituents is 1. The largest absolute Gasteiger partial charge is 0.506 e. The Hall–Kier alpha value is -3.53. The number of anilines is 3. The maximum atomic E-state index is 12.1. The number of benzene rings is 2. The van der Waals surface area contributed by atoms with Crippen molar-refractivity contribution in [2.24, 2.45) is 11.8 Å². The van der Waals surface area contributed by atoms with Crippen LogP contribution in [0.1, 0.15) is 26.3 Å². The van der Waals surface area contributed by atoms with Crippen LogP contribution in [0.15, 0.2) is 42.5 Å². The third-order valence-corrected chi connectivity index (χ3v) is 4.20. The molecule has 140 valence electrons. The lowest BCUT2D eigenvalue weighted by atomic mass is 9.97. The van der Waals surface area contributed by atoms with E-state index in [9.17, 15) is 14.7 Å². The van der Waals surface area contributed by atoms with Gasteiger partial charge in [0.05, 0.1) is 17.3 Å². The van der Waals surface area contributed by atoms with Gasteiger partial charge in [0.1, 0.15) is 5.75 Å². The molecule has 0 aromatic heterocycles. The van der Waals surface area contributed by atoms with Crippen LogP contribution in [0.5, 0.6) is 5.75 Å². The SMILES string of the molecule is CC(C)C(C)C(=O)Nc1ccc(NC(=O)Nc2ccc(C#N)cc2)c(O)c1. The highest BCUT2D eigenvalue weighted by Crippen LogP contribution is 2.27. The van der Waals surface area contributed by atoms with Gasteiger partial charge in [-0.2, -0.15) is 5.26 Å². The summed E-state index contributed by atoms with van der Waals surface area (Å²) in [5.41, 5.74) is 1.65. The van der Waals surface area contributed by atoms with E-state index in [1.807, 2.05) is 26.8 Å². The van der Waals surface area contributed by atoms with Crippen molar-refractivity contribution in [2.75, 3.05) is 16.0 Å². The Balaban J connectivity index is 1.99. The minimum atomic E-state index is -0.541. The van der Waals surface area contributed by atoms with Crippen LogP contribution in [-0.2, 0) is 4.79 Å². The summed E-state index contributed by atoms with van der Waals surface area (Å²) >= 11 is 0. The molecule has 4 N–H and O–H groups in total. The number of aromatic hydroxyl groups is 1. The van der Waals surface area contributed by atoms with Crippen molar-refractivity contribution in [3.05, 3.63) is 48.0 Å². The molecule has 0 saturated carbocycles. The first kappa shape index (κ1) is 19.8. The van der Waals surface area contributed by atoms with Gasteiger partial charge in [0.2, 0.25) is 5.91 Å². The molecule has 0 bridgehead atoms. The zero-order valence-electron chi connectivity index (χ0n) is 15.4. The van der Waals surface area contributed by atoms with Gasteiger partial charge in [-0.25, -0.2) is 4.79 Å². The highest BCUT2D eigenvalue weighted by molar-refractivity contribution is 6.01. The molecule has 0 fully saturated rings. The van der Waals surface area contributed by atoms with Crippen molar-refractivity contribution in [3.8, 4) is 11.8 Å². The first-order chi connectivity index (χ1) is 12.8. The number of hydrogen-bond donors (Lipinski definition) is 4. The number of hydrogen-bond acceptors (Lipinski definition) is 4. The summed E-state index contributed by atoms with van der Waals surface area (Å²) in [5, 5.41) is 26.7. The summed E-state index contributed by atoms with van der Waals surface area (Å²) in [7, 11) is 0. The number of carbonyl (C=O) groups is 2. The second kappa shape index (κ2) is 8.72. The molecule has 7 nitrogen and oxygen atoms in total. The van der Waals surface area contributed by atoms with Crippen LogP contribution < -0.4 is 16.0 Å². The summed E-state index contributed by atoms with van der Waals surface area (Å²) < 4.78 is 0. The lowest BCUT2D eigenvalue weighted by Crippen LogP contribution is -2.24. The van der Waals surface area contributed by atoms with Crippen molar-refractivity contribution >= 4 is 29.0 Å². The molecule has 0 radical (unpaired) electrons. The minimum Gasteiger partial charge on any atom is -0.506 e. The van der Waals surface area contributed by atoms with E-state index in [1.54, 1.807) is 30.3 Å². The highest BCUT2D eigenvalue weighted by Gasteiger charge is 2.17. The predicted octanol–water partition coefficient (Wildman–Crippen LogP) is 4.14. The molecule has 1 unspecified atom stereocenters. The van der Waals surface area contributed by atoms with Crippen molar-refractivity contribution in [1.29, 1.82) is 5.26 Å². The third-order valence-electron chi connectivity index (χ3n) is 4.20. The van der Waals surface area contributed by atoms with E-state index >= 15 is 0 Å². The molecule has 3 amide bonds. The summed E-state index contributed by atoms with van der Waals surface area (Å²) in [4.78, 5) is 24.1. The van der Waals surface area contributed by atoms with E-state index < -0.39 is 6.03 Å². The first-order valence-electron chi connectivity index (χ1n) is 8.52. The van der Waals surface area contributed by atoms with Crippen LogP contribution in [0.25, 0.3) is 0 Å². The average molecular weight is 366 g/mol. The molecule has 0 aliphatic heterocycles. The molecular weight excluding hydrogens is 344 g/mol. The summed E-state index contributed by atoms with van der Waals surface area (Å²) in [6, 6.07) is 12.3. The van der Waals surface area contributed by atoms with Crippen molar-refractivity contribution < 1.29 is 14.7 Å². The Labute approximate surface area is 158 Å². The normalized spacial score (nSPS) is 11.4. The summed E-state index contributed by atoms with van der Waals surface area (Å²) in [6.45, 7) is 5.76. The molecule has 0 aliphatic rings. The average Bonchev–Trinajstić information content (AvgIpc) is 2.63. The molecule has 1 atom stereocenters. The monoisotopic (exact) mass is 366 g/mol. The van der Waals surface area contributed by atoms with Gasteiger partial charge in [-0.1, -0.05) is 20.8 Å². The number of urea groups is 1. The van der Waals surface area contributed by atoms with Crippen molar-refractivity contribution in [2.45, 2.75) is 20.8 Å². The molecule has 0 aliphatic carbocycles. The number of phenols is 1. The zero-order valence-corrected chi connectivity index (χ0v) is 15.4. The van der Waals surface area contributed by atoms with Gasteiger partial charge in [-0.3, -0.25) is 4.79 Å². The summed E-state index contributed by atoms with van der Waals surface area (Å²) in [6.07, 6.45) is 0. The molecule has 27 heavy (non-hydrogen) atoms. The lowest BCUT2D eigenvalue weighted by molar-refractivity contribution is -0.120. The van der Waals surface area contributed by atoms with E-state index in [-0.39, 0.29) is 29.2 Å². The summed E-state index contributed by atoms with van der Waals surface area (Å²) in [5.74, 6) is -0.266. The van der Waals surface area contributed by atoms with Gasteiger partial charge in [-0.05, 0) is 42.3 Å². The molecule has 2 aromatic rings. The van der Waals surface area contributed by atoms with Gasteiger partial charge >= 0.3 is 6.03 Å². The zero-order chi connectivity index (χ0) is 20.0. The van der Waals surface area contributed by atoms with Crippen LogP contribution in [0, 0.1) is 23.2 Å². The molecule has 2 rings (SSSR count). The van der Waals surface area contributed by atoms with E-state index in [4.69, 9.17) is 5.26 Å². The maximum Gasteiger partial charge on any atom is 0.323 e. The molecule has 0 spiro atoms. The van der Waals surface area contributed by atoms with Crippen LogP contribution >= 0.6 is 0 Å². The van der Waals surface area contributed by atoms with Crippen molar-refractivity contribution in [3.63, 3.8) is 0 Å². The molecule has 0 heterocycles. The minimum absolute atomic E-state index is 0.135. The Morgan fingerprint density at radius 1 is 0.963 bits per heavy atom. The van der Waals surface area contributed by atoms with E-state index in [0.29, 0.717) is 16.9 Å². The van der Waals surface area contributed by atoms with Crippen LogP contribution in [-0.4, -0.2) is 17.0 Å². The second-order valence-corrected chi connectivity index (χ2v) is 6.52. The number of nitrogens with zero attached hydrogens (tertiary/aromatic N) is 1. The number of nitrogens with one attached hydrogen (secondary N) is 3. The number of nitriles is 1. The van der Waals surface area contributed by atoms with Crippen molar-refractivity contribution in [1.82, 2.24) is 0 Å². The van der Waals surface area contributed by atoms with Gasteiger partial charge in [-0.15, -0.1) is 0 Å². The highest BCUT2D eigenvalue weighted by atomic mass is 16.3. The van der Waals surface area contributed by atoms with Crippen LogP contribution in [0.3, 0.4) is 0 Å². The van der Waals surface area contributed by atoms with E-state index in [2.05, 4.69) is 16.0 Å². The Kier molecular flexibility index (Phi) is 6.39. The maximum absolute atomic E-state index is 12.1. The quantitative estimate of drug-likeness (QED) is 0.595. The topological polar surface area (TPSA) is 114 Å². The second-order valence-electron chi connectivity index (χ2n) is 6.52. The van der Waals surface area contributed by atoms with Gasteiger partial charge in [0, 0.05) is 23.4 Å². The number of rotatable bonds is 5. The fourth-order valence-corrected chi connectivity index (χ4v) is 2.19. The molecule has 0 saturated heterocycles. The molecular formula is C20H22N4O3. The van der Waals surface area contributed by atoms with Gasteiger partial charge in [0.15, 0.2) is 0 Å². The van der Waals surface area contributed by atoms with E-state index in [1.165, 1.54) is 12.1 Å². The standard InChI is InChI=1S/C20H22N4O3/c1-12(2)13(3)19(26)22-16-8-9-17(18(25)10-16)24-20(27)23-15-6-4-14(11-21)5-7-15/h4-10,12-13,25H,1-3H3,(H,22,26)(H2,23,24,27). The Morgan fingerprint density at radius 3 is 2.15 bits per heavy atom.